The molecule has 1 aromatic heterocycles. The van der Waals surface area contributed by atoms with Crippen molar-refractivity contribution < 1.29 is 23.8 Å². The third-order valence-electron chi connectivity index (χ3n) is 11.2. The fourth-order valence-electron chi connectivity index (χ4n) is 7.60. The van der Waals surface area contributed by atoms with E-state index in [-0.39, 0.29) is 11.8 Å². The molecule has 4 heterocycles. The van der Waals surface area contributed by atoms with Gasteiger partial charge in [0.05, 0.1) is 39.6 Å². The third kappa shape index (κ3) is 10.2. The lowest BCUT2D eigenvalue weighted by Crippen LogP contribution is -2.52. The van der Waals surface area contributed by atoms with Crippen molar-refractivity contribution in [2.75, 3.05) is 102 Å². The predicted molar refractivity (Wildman–Crippen MR) is 222 cm³/mol. The van der Waals surface area contributed by atoms with Gasteiger partial charge in [-0.15, -0.1) is 11.3 Å². The van der Waals surface area contributed by atoms with Crippen molar-refractivity contribution >= 4 is 34.0 Å². The number of carbonyl (C=O) groups is 2. The lowest BCUT2D eigenvalue weighted by Gasteiger charge is -2.46. The summed E-state index contributed by atoms with van der Waals surface area (Å²) in [7, 11) is 0. The third-order valence-corrected chi connectivity index (χ3v) is 11.9. The Bertz CT molecular complexity index is 1850. The summed E-state index contributed by atoms with van der Waals surface area (Å²) in [6, 6.07) is 23.3. The van der Waals surface area contributed by atoms with Crippen LogP contribution in [-0.4, -0.2) is 123 Å². The van der Waals surface area contributed by atoms with Crippen LogP contribution in [0.2, 0.25) is 0 Å². The van der Waals surface area contributed by atoms with Crippen molar-refractivity contribution in [1.82, 2.24) is 19.7 Å². The van der Waals surface area contributed by atoms with Crippen molar-refractivity contribution in [3.8, 4) is 11.1 Å². The molecule has 0 bridgehead atoms. The van der Waals surface area contributed by atoms with E-state index >= 15 is 0 Å². The molecule has 12 heteroatoms. The van der Waals surface area contributed by atoms with Gasteiger partial charge in [0.2, 0.25) is 0 Å². The van der Waals surface area contributed by atoms with Crippen LogP contribution in [0.4, 0.5) is 10.8 Å². The van der Waals surface area contributed by atoms with Crippen LogP contribution in [0.5, 0.6) is 0 Å². The number of rotatable bonds is 18. The van der Waals surface area contributed by atoms with Crippen molar-refractivity contribution in [2.24, 2.45) is 11.3 Å². The highest BCUT2D eigenvalue weighted by Gasteiger charge is 2.38. The van der Waals surface area contributed by atoms with E-state index < -0.39 is 6.04 Å². The first-order chi connectivity index (χ1) is 27.2. The zero-order chi connectivity index (χ0) is 38.9. The van der Waals surface area contributed by atoms with Crippen LogP contribution in [0.3, 0.4) is 0 Å². The minimum atomic E-state index is -0.779. The Labute approximate surface area is 335 Å². The second-order valence-electron chi connectivity index (χ2n) is 16.0. The summed E-state index contributed by atoms with van der Waals surface area (Å²) in [5.41, 5.74) is 5.93. The molecule has 0 spiro atoms. The van der Waals surface area contributed by atoms with Crippen LogP contribution in [0, 0.1) is 11.3 Å². The fourth-order valence-corrected chi connectivity index (χ4v) is 8.13. The van der Waals surface area contributed by atoms with Gasteiger partial charge >= 0.3 is 0 Å². The van der Waals surface area contributed by atoms with Crippen LogP contribution in [0.25, 0.3) is 11.1 Å². The number of piperazine rings is 1. The summed E-state index contributed by atoms with van der Waals surface area (Å²) in [5, 5.41) is 5.22. The Morgan fingerprint density at radius 3 is 2.11 bits per heavy atom. The molecule has 0 saturated carbocycles. The largest absolute Gasteiger partial charge is 0.378 e. The van der Waals surface area contributed by atoms with Gasteiger partial charge in [-0.25, -0.2) is 4.98 Å². The van der Waals surface area contributed by atoms with Crippen LogP contribution >= 0.6 is 11.3 Å². The van der Waals surface area contributed by atoms with Gasteiger partial charge in [0, 0.05) is 81.7 Å². The maximum absolute atomic E-state index is 13.9. The molecular formula is C44H56N6O5S. The molecule has 2 saturated heterocycles. The SMILES string of the molecule is CC(C)(C)C1CN(CCOCCOCCOCCN2CCN(c3ccc(-c4ccc5c(c4)C(=O)N(C(C(=O)Nc4nccs4)c4ccccc4)C5)cc3)CC2)C1. The van der Waals surface area contributed by atoms with E-state index in [2.05, 4.69) is 76.1 Å². The summed E-state index contributed by atoms with van der Waals surface area (Å²) in [6.07, 6.45) is 1.65. The van der Waals surface area contributed by atoms with Gasteiger partial charge in [0.25, 0.3) is 11.8 Å². The van der Waals surface area contributed by atoms with Crippen LogP contribution in [0.15, 0.2) is 84.4 Å². The standard InChI is InChI=1S/C44H56N6O5S/c1-44(2,3)37-31-48(32-37)21-23-54-25-27-55-26-24-53-22-20-47-16-18-49(19-17-47)38-13-11-33(12-14-38)35-9-10-36-30-50(42(52)39(36)29-35)40(34-7-5-4-6-8-34)41(51)46-43-45-15-28-56-43/h4-15,28-29,37,40H,16-27,30-32H2,1-3H3,(H,45,46,51). The molecule has 1 N–H and O–H groups in total. The summed E-state index contributed by atoms with van der Waals surface area (Å²) in [6.45, 7) is 19.4. The second-order valence-corrected chi connectivity index (χ2v) is 16.9. The van der Waals surface area contributed by atoms with Gasteiger partial charge in [-0.3, -0.25) is 19.8 Å². The molecule has 4 aromatic rings. The molecule has 298 valence electrons. The Morgan fingerprint density at radius 2 is 1.46 bits per heavy atom. The topological polar surface area (TPSA) is 99.7 Å². The summed E-state index contributed by atoms with van der Waals surface area (Å²) < 4.78 is 17.3. The molecule has 0 radical (unpaired) electrons. The van der Waals surface area contributed by atoms with Gasteiger partial charge in [-0.1, -0.05) is 75.4 Å². The van der Waals surface area contributed by atoms with E-state index in [9.17, 15) is 9.59 Å². The number of anilines is 2. The normalized spacial score (nSPS) is 17.2. The van der Waals surface area contributed by atoms with Gasteiger partial charge in [-0.2, -0.15) is 0 Å². The average molecular weight is 781 g/mol. The lowest BCUT2D eigenvalue weighted by molar-refractivity contribution is -0.120. The lowest BCUT2D eigenvalue weighted by atomic mass is 9.76. The van der Waals surface area contributed by atoms with Gasteiger partial charge < -0.3 is 28.9 Å². The van der Waals surface area contributed by atoms with E-state index in [1.807, 2.05) is 47.8 Å². The number of nitrogens with zero attached hydrogens (tertiary/aromatic N) is 5. The minimum Gasteiger partial charge on any atom is -0.378 e. The number of nitrogens with one attached hydrogen (secondary N) is 1. The number of ether oxygens (including phenoxy) is 3. The summed E-state index contributed by atoms with van der Waals surface area (Å²) >= 11 is 1.35. The zero-order valence-electron chi connectivity index (χ0n) is 33.0. The number of fused-ring (bicyclic) bond motifs is 1. The summed E-state index contributed by atoms with van der Waals surface area (Å²) in [5.74, 6) is 0.368. The van der Waals surface area contributed by atoms with E-state index in [1.54, 1.807) is 11.1 Å². The molecule has 3 aliphatic rings. The molecular weight excluding hydrogens is 725 g/mol. The Balaban J connectivity index is 0.804. The molecule has 3 aromatic carbocycles. The molecule has 1 atom stereocenters. The fraction of sp³-hybridized carbons (Fsp3) is 0.477. The highest BCUT2D eigenvalue weighted by atomic mass is 32.1. The van der Waals surface area contributed by atoms with E-state index in [0.717, 1.165) is 74.0 Å². The Hall–Kier alpha value is -4.17. The first-order valence-corrected chi connectivity index (χ1v) is 20.8. The van der Waals surface area contributed by atoms with Gasteiger partial charge in [0.15, 0.2) is 5.13 Å². The predicted octanol–water partition coefficient (Wildman–Crippen LogP) is 6.30. The van der Waals surface area contributed by atoms with Crippen molar-refractivity contribution in [2.45, 2.75) is 33.4 Å². The molecule has 11 nitrogen and oxygen atoms in total. The number of benzene rings is 3. The van der Waals surface area contributed by atoms with Crippen molar-refractivity contribution in [3.05, 3.63) is 101 Å². The Kier molecular flexibility index (Phi) is 13.5. The number of amides is 2. The number of carbonyl (C=O) groups excluding carboxylic acids is 2. The summed E-state index contributed by atoms with van der Waals surface area (Å²) in [4.78, 5) is 40.7. The smallest absolute Gasteiger partial charge is 0.255 e. The van der Waals surface area contributed by atoms with Crippen molar-refractivity contribution in [3.63, 3.8) is 0 Å². The first kappa shape index (κ1) is 40.0. The molecule has 7 rings (SSSR count). The van der Waals surface area contributed by atoms with Gasteiger partial charge in [0.1, 0.15) is 6.04 Å². The number of likely N-dealkylation sites (tertiary alicyclic amines) is 1. The molecule has 56 heavy (non-hydrogen) atoms. The maximum atomic E-state index is 13.9. The molecule has 1 unspecified atom stereocenters. The van der Waals surface area contributed by atoms with Crippen LogP contribution < -0.4 is 10.2 Å². The Morgan fingerprint density at radius 1 is 0.821 bits per heavy atom. The van der Waals surface area contributed by atoms with E-state index in [4.69, 9.17) is 14.2 Å². The number of thiazole rings is 1. The maximum Gasteiger partial charge on any atom is 0.255 e. The first-order valence-electron chi connectivity index (χ1n) is 20.0. The van der Waals surface area contributed by atoms with Gasteiger partial charge in [-0.05, 0) is 51.8 Å². The van der Waals surface area contributed by atoms with E-state index in [1.165, 1.54) is 30.1 Å². The second kappa shape index (κ2) is 18.8. The molecule has 2 amide bonds. The number of aromatic nitrogens is 1. The minimum absolute atomic E-state index is 0.151. The zero-order valence-corrected chi connectivity index (χ0v) is 33.8. The highest BCUT2D eigenvalue weighted by molar-refractivity contribution is 7.13. The number of hydrogen-bond acceptors (Lipinski definition) is 10. The monoisotopic (exact) mass is 780 g/mol. The number of hydrogen-bond donors (Lipinski definition) is 1. The van der Waals surface area contributed by atoms with Crippen LogP contribution in [-0.2, 0) is 25.5 Å². The van der Waals surface area contributed by atoms with E-state index in [0.29, 0.717) is 55.7 Å². The molecule has 3 aliphatic heterocycles. The quantitative estimate of drug-likeness (QED) is 0.117. The highest BCUT2D eigenvalue weighted by Crippen LogP contribution is 2.36. The molecule has 2 fully saturated rings. The molecule has 0 aliphatic carbocycles. The van der Waals surface area contributed by atoms with Crippen LogP contribution in [0.1, 0.15) is 48.3 Å². The van der Waals surface area contributed by atoms with Crippen molar-refractivity contribution in [1.29, 1.82) is 0 Å². The average Bonchev–Trinajstić information content (AvgIpc) is 3.82.